The molecule has 0 atom stereocenters. The molecule has 0 saturated heterocycles. The third kappa shape index (κ3) is 5.15. The Bertz CT molecular complexity index is 363. The van der Waals surface area contributed by atoms with Crippen LogP contribution in [0.2, 0.25) is 5.15 Å². The van der Waals surface area contributed by atoms with Crippen LogP contribution in [-0.4, -0.2) is 29.1 Å². The standard InChI is InChI=1S/C12H17ClN2O2/c1-9-7-10(8-11(13)15-9)12(17)14-5-3-2-4-6-16/h7-8,16H,2-6H2,1H3,(H,14,17). The van der Waals surface area contributed by atoms with Gasteiger partial charge in [-0.1, -0.05) is 11.6 Å². The average molecular weight is 257 g/mol. The Morgan fingerprint density at radius 3 is 2.82 bits per heavy atom. The highest BCUT2D eigenvalue weighted by Gasteiger charge is 2.06. The van der Waals surface area contributed by atoms with Gasteiger partial charge in [0.15, 0.2) is 0 Å². The molecular formula is C12H17ClN2O2. The van der Waals surface area contributed by atoms with E-state index in [2.05, 4.69) is 10.3 Å². The summed E-state index contributed by atoms with van der Waals surface area (Å²) >= 11 is 5.78. The van der Waals surface area contributed by atoms with Crippen molar-refractivity contribution in [3.05, 3.63) is 28.5 Å². The zero-order valence-electron chi connectivity index (χ0n) is 9.87. The lowest BCUT2D eigenvalue weighted by Gasteiger charge is -2.05. The van der Waals surface area contributed by atoms with Gasteiger partial charge in [0.05, 0.1) is 0 Å². The molecule has 2 N–H and O–H groups in total. The molecule has 1 heterocycles. The lowest BCUT2D eigenvalue weighted by Crippen LogP contribution is -2.24. The fourth-order valence-corrected chi connectivity index (χ4v) is 1.73. The van der Waals surface area contributed by atoms with Crippen molar-refractivity contribution < 1.29 is 9.90 Å². The van der Waals surface area contributed by atoms with Gasteiger partial charge >= 0.3 is 0 Å². The van der Waals surface area contributed by atoms with E-state index in [-0.39, 0.29) is 12.5 Å². The molecule has 4 nitrogen and oxygen atoms in total. The number of carbonyl (C=O) groups excluding carboxylic acids is 1. The molecule has 0 fully saturated rings. The van der Waals surface area contributed by atoms with E-state index in [1.807, 2.05) is 0 Å². The molecule has 0 radical (unpaired) electrons. The van der Waals surface area contributed by atoms with Crippen LogP contribution in [0, 0.1) is 6.92 Å². The number of aliphatic hydroxyl groups excluding tert-OH is 1. The average Bonchev–Trinajstić information content (AvgIpc) is 2.27. The summed E-state index contributed by atoms with van der Waals surface area (Å²) in [5.41, 5.74) is 1.26. The van der Waals surface area contributed by atoms with Crippen LogP contribution in [0.25, 0.3) is 0 Å². The summed E-state index contributed by atoms with van der Waals surface area (Å²) in [7, 11) is 0. The van der Waals surface area contributed by atoms with Crippen molar-refractivity contribution in [2.45, 2.75) is 26.2 Å². The van der Waals surface area contributed by atoms with Crippen molar-refractivity contribution in [2.24, 2.45) is 0 Å². The third-order valence-corrected chi connectivity index (χ3v) is 2.50. The van der Waals surface area contributed by atoms with Crippen molar-refractivity contribution in [1.29, 1.82) is 0 Å². The Morgan fingerprint density at radius 2 is 2.18 bits per heavy atom. The van der Waals surface area contributed by atoms with Crippen LogP contribution >= 0.6 is 11.6 Å². The maximum absolute atomic E-state index is 11.7. The lowest BCUT2D eigenvalue weighted by molar-refractivity contribution is 0.0952. The molecular weight excluding hydrogens is 240 g/mol. The van der Waals surface area contributed by atoms with Gasteiger partial charge in [0, 0.05) is 24.4 Å². The molecule has 0 aliphatic rings. The monoisotopic (exact) mass is 256 g/mol. The molecule has 0 saturated carbocycles. The van der Waals surface area contributed by atoms with Crippen LogP contribution in [0.4, 0.5) is 0 Å². The molecule has 0 unspecified atom stereocenters. The van der Waals surface area contributed by atoms with E-state index in [0.717, 1.165) is 25.0 Å². The summed E-state index contributed by atoms with van der Waals surface area (Å²) in [6.07, 6.45) is 2.55. The number of nitrogens with zero attached hydrogens (tertiary/aromatic N) is 1. The highest BCUT2D eigenvalue weighted by atomic mass is 35.5. The van der Waals surface area contributed by atoms with Crippen LogP contribution in [-0.2, 0) is 0 Å². The molecule has 17 heavy (non-hydrogen) atoms. The summed E-state index contributed by atoms with van der Waals surface area (Å²) < 4.78 is 0. The molecule has 1 rings (SSSR count). The predicted octanol–water partition coefficient (Wildman–Crippen LogP) is 1.94. The first-order chi connectivity index (χ1) is 8.13. The van der Waals surface area contributed by atoms with Gasteiger partial charge in [-0.3, -0.25) is 4.79 Å². The fourth-order valence-electron chi connectivity index (χ4n) is 1.48. The third-order valence-electron chi connectivity index (χ3n) is 2.30. The van der Waals surface area contributed by atoms with Gasteiger partial charge in [-0.15, -0.1) is 0 Å². The number of hydrogen-bond donors (Lipinski definition) is 2. The first-order valence-electron chi connectivity index (χ1n) is 5.66. The summed E-state index contributed by atoms with van der Waals surface area (Å²) in [5, 5.41) is 11.7. The quantitative estimate of drug-likeness (QED) is 0.604. The molecule has 0 spiro atoms. The maximum atomic E-state index is 11.7. The van der Waals surface area contributed by atoms with Crippen molar-refractivity contribution in [3.8, 4) is 0 Å². The summed E-state index contributed by atoms with van der Waals surface area (Å²) in [5.74, 6) is -0.138. The molecule has 0 aromatic carbocycles. The predicted molar refractivity (Wildman–Crippen MR) is 67.3 cm³/mol. The number of hydrogen-bond acceptors (Lipinski definition) is 3. The van der Waals surface area contributed by atoms with Gasteiger partial charge in [0.2, 0.25) is 0 Å². The van der Waals surface area contributed by atoms with Crippen molar-refractivity contribution >= 4 is 17.5 Å². The van der Waals surface area contributed by atoms with Crippen LogP contribution < -0.4 is 5.32 Å². The summed E-state index contributed by atoms with van der Waals surface area (Å²) in [4.78, 5) is 15.7. The van der Waals surface area contributed by atoms with E-state index in [9.17, 15) is 4.79 Å². The minimum absolute atomic E-state index is 0.138. The van der Waals surface area contributed by atoms with Crippen LogP contribution in [0.1, 0.15) is 35.3 Å². The minimum atomic E-state index is -0.138. The number of carbonyl (C=O) groups is 1. The fraction of sp³-hybridized carbons (Fsp3) is 0.500. The maximum Gasteiger partial charge on any atom is 0.251 e. The summed E-state index contributed by atoms with van der Waals surface area (Å²) in [6.45, 7) is 2.61. The van der Waals surface area contributed by atoms with Gasteiger partial charge in [-0.25, -0.2) is 4.98 Å². The van der Waals surface area contributed by atoms with Gasteiger partial charge in [-0.05, 0) is 38.3 Å². The first kappa shape index (κ1) is 13.9. The first-order valence-corrected chi connectivity index (χ1v) is 6.04. The molecule has 5 heteroatoms. The van der Waals surface area contributed by atoms with E-state index in [4.69, 9.17) is 16.7 Å². The van der Waals surface area contributed by atoms with E-state index in [1.54, 1.807) is 19.1 Å². The van der Waals surface area contributed by atoms with Crippen molar-refractivity contribution in [3.63, 3.8) is 0 Å². The van der Waals surface area contributed by atoms with Gasteiger partial charge < -0.3 is 10.4 Å². The molecule has 0 aliphatic heterocycles. The van der Waals surface area contributed by atoms with Crippen LogP contribution in [0.3, 0.4) is 0 Å². The smallest absolute Gasteiger partial charge is 0.251 e. The van der Waals surface area contributed by atoms with Gasteiger partial charge in [0.25, 0.3) is 5.91 Å². The molecule has 1 aromatic heterocycles. The second kappa shape index (κ2) is 7.25. The SMILES string of the molecule is Cc1cc(C(=O)NCCCCCO)cc(Cl)n1. The van der Waals surface area contributed by atoms with Gasteiger partial charge in [0.1, 0.15) is 5.15 Å². The Morgan fingerprint density at radius 1 is 1.41 bits per heavy atom. The Hall–Kier alpha value is -1.13. The van der Waals surface area contributed by atoms with E-state index < -0.39 is 0 Å². The molecule has 0 bridgehead atoms. The van der Waals surface area contributed by atoms with Crippen molar-refractivity contribution in [2.75, 3.05) is 13.2 Å². The number of unbranched alkanes of at least 4 members (excludes halogenated alkanes) is 2. The molecule has 1 amide bonds. The van der Waals surface area contributed by atoms with E-state index in [0.29, 0.717) is 17.3 Å². The Labute approximate surface area is 106 Å². The summed E-state index contributed by atoms with van der Waals surface area (Å²) in [6, 6.07) is 3.26. The number of pyridine rings is 1. The number of halogens is 1. The largest absolute Gasteiger partial charge is 0.396 e. The highest BCUT2D eigenvalue weighted by molar-refractivity contribution is 6.29. The Balaban J connectivity index is 2.41. The highest BCUT2D eigenvalue weighted by Crippen LogP contribution is 2.10. The number of aromatic nitrogens is 1. The second-order valence-electron chi connectivity index (χ2n) is 3.86. The number of aryl methyl sites for hydroxylation is 1. The zero-order chi connectivity index (χ0) is 12.7. The molecule has 1 aromatic rings. The molecule has 0 aliphatic carbocycles. The van der Waals surface area contributed by atoms with E-state index >= 15 is 0 Å². The second-order valence-corrected chi connectivity index (χ2v) is 4.25. The number of aliphatic hydroxyl groups is 1. The number of nitrogens with one attached hydrogen (secondary N) is 1. The lowest BCUT2D eigenvalue weighted by atomic mass is 10.2. The van der Waals surface area contributed by atoms with Gasteiger partial charge in [-0.2, -0.15) is 0 Å². The topological polar surface area (TPSA) is 62.2 Å². The normalized spacial score (nSPS) is 10.3. The Kier molecular flexibility index (Phi) is 5.94. The molecule has 94 valence electrons. The van der Waals surface area contributed by atoms with Crippen LogP contribution in [0.5, 0.6) is 0 Å². The minimum Gasteiger partial charge on any atom is -0.396 e. The zero-order valence-corrected chi connectivity index (χ0v) is 10.6. The van der Waals surface area contributed by atoms with Crippen LogP contribution in [0.15, 0.2) is 12.1 Å². The van der Waals surface area contributed by atoms with E-state index in [1.165, 1.54) is 0 Å². The number of amides is 1. The van der Waals surface area contributed by atoms with Crippen molar-refractivity contribution in [1.82, 2.24) is 10.3 Å². The number of rotatable bonds is 6.